The monoisotopic (exact) mass is 214 g/mol. The van der Waals surface area contributed by atoms with Crippen LogP contribution in [0.25, 0.3) is 0 Å². The van der Waals surface area contributed by atoms with Crippen LogP contribution < -0.4 is 5.73 Å². The van der Waals surface area contributed by atoms with Crippen LogP contribution in [0.3, 0.4) is 0 Å². The Kier molecular flexibility index (Phi) is 5.05. The summed E-state index contributed by atoms with van der Waals surface area (Å²) in [5.74, 6) is 0.253. The van der Waals surface area contributed by atoms with Crippen LogP contribution in [-0.4, -0.2) is 43.2 Å². The van der Waals surface area contributed by atoms with E-state index in [0.717, 1.165) is 19.4 Å². The zero-order valence-electron chi connectivity index (χ0n) is 9.74. The summed E-state index contributed by atoms with van der Waals surface area (Å²) in [6.07, 6.45) is 1.94. The highest BCUT2D eigenvalue weighted by atomic mass is 16.5. The molecule has 1 aliphatic heterocycles. The lowest BCUT2D eigenvalue weighted by Crippen LogP contribution is -2.45. The Bertz CT molecular complexity index is 201. The van der Waals surface area contributed by atoms with Gasteiger partial charge in [-0.25, -0.2) is 0 Å². The zero-order valence-corrected chi connectivity index (χ0v) is 9.74. The van der Waals surface area contributed by atoms with E-state index in [9.17, 15) is 4.79 Å². The fourth-order valence-corrected chi connectivity index (χ4v) is 1.93. The number of rotatable bonds is 4. The third-order valence-corrected chi connectivity index (χ3v) is 2.79. The predicted octanol–water partition coefficient (Wildman–Crippen LogP) is 0.609. The standard InChI is InChI=1S/C11H22N2O2/c1-9(2)13(6-5-12)11(14)10-4-3-7-15-8-10/h9-10H,3-8,12H2,1-2H3. The smallest absolute Gasteiger partial charge is 0.228 e. The Morgan fingerprint density at radius 1 is 1.60 bits per heavy atom. The summed E-state index contributed by atoms with van der Waals surface area (Å²) < 4.78 is 5.33. The fraction of sp³-hybridized carbons (Fsp3) is 0.909. The lowest BCUT2D eigenvalue weighted by molar-refractivity contribution is -0.141. The molecule has 0 aliphatic carbocycles. The first-order chi connectivity index (χ1) is 7.16. The van der Waals surface area contributed by atoms with Crippen LogP contribution >= 0.6 is 0 Å². The van der Waals surface area contributed by atoms with Gasteiger partial charge in [0.05, 0.1) is 12.5 Å². The van der Waals surface area contributed by atoms with Gasteiger partial charge in [-0.15, -0.1) is 0 Å². The predicted molar refractivity (Wildman–Crippen MR) is 59.4 cm³/mol. The average molecular weight is 214 g/mol. The first-order valence-corrected chi connectivity index (χ1v) is 5.75. The molecule has 0 spiro atoms. The lowest BCUT2D eigenvalue weighted by atomic mass is 10.00. The maximum atomic E-state index is 12.1. The van der Waals surface area contributed by atoms with Gasteiger partial charge in [0, 0.05) is 25.7 Å². The van der Waals surface area contributed by atoms with Gasteiger partial charge < -0.3 is 15.4 Å². The average Bonchev–Trinajstić information content (AvgIpc) is 2.26. The van der Waals surface area contributed by atoms with Crippen molar-refractivity contribution in [3.63, 3.8) is 0 Å². The number of amides is 1. The highest BCUT2D eigenvalue weighted by Gasteiger charge is 2.27. The molecule has 0 radical (unpaired) electrons. The van der Waals surface area contributed by atoms with Gasteiger partial charge in [0.25, 0.3) is 0 Å². The van der Waals surface area contributed by atoms with Crippen molar-refractivity contribution in [3.8, 4) is 0 Å². The van der Waals surface area contributed by atoms with Crippen molar-refractivity contribution in [3.05, 3.63) is 0 Å². The summed E-state index contributed by atoms with van der Waals surface area (Å²) in [6, 6.07) is 0.225. The number of carbonyl (C=O) groups is 1. The van der Waals surface area contributed by atoms with Crippen LogP contribution in [0.15, 0.2) is 0 Å². The Balaban J connectivity index is 2.53. The van der Waals surface area contributed by atoms with Crippen molar-refractivity contribution in [2.75, 3.05) is 26.3 Å². The van der Waals surface area contributed by atoms with Crippen molar-refractivity contribution in [1.29, 1.82) is 0 Å². The summed E-state index contributed by atoms with van der Waals surface area (Å²) in [5, 5.41) is 0. The molecule has 4 heteroatoms. The van der Waals surface area contributed by atoms with Gasteiger partial charge in [0.15, 0.2) is 0 Å². The van der Waals surface area contributed by atoms with Crippen molar-refractivity contribution in [2.24, 2.45) is 11.7 Å². The Morgan fingerprint density at radius 3 is 2.80 bits per heavy atom. The quantitative estimate of drug-likeness (QED) is 0.746. The Morgan fingerprint density at radius 2 is 2.33 bits per heavy atom. The molecule has 1 heterocycles. The van der Waals surface area contributed by atoms with E-state index in [1.807, 2.05) is 18.7 Å². The SMILES string of the molecule is CC(C)N(CCN)C(=O)C1CCCOC1. The van der Waals surface area contributed by atoms with Gasteiger partial charge >= 0.3 is 0 Å². The fourth-order valence-electron chi connectivity index (χ4n) is 1.93. The van der Waals surface area contributed by atoms with Crippen molar-refractivity contribution in [1.82, 2.24) is 4.90 Å². The molecule has 0 aromatic carbocycles. The first-order valence-electron chi connectivity index (χ1n) is 5.75. The Labute approximate surface area is 91.8 Å². The molecular weight excluding hydrogens is 192 g/mol. The maximum absolute atomic E-state index is 12.1. The molecular formula is C11H22N2O2. The van der Waals surface area contributed by atoms with Crippen LogP contribution in [-0.2, 0) is 9.53 Å². The second-order valence-corrected chi connectivity index (χ2v) is 4.33. The van der Waals surface area contributed by atoms with Gasteiger partial charge in [-0.3, -0.25) is 4.79 Å². The van der Waals surface area contributed by atoms with Crippen LogP contribution in [0.4, 0.5) is 0 Å². The molecule has 1 unspecified atom stereocenters. The van der Waals surface area contributed by atoms with Gasteiger partial charge in [0.2, 0.25) is 5.91 Å². The summed E-state index contributed by atoms with van der Waals surface area (Å²) in [6.45, 7) is 6.59. The van der Waals surface area contributed by atoms with E-state index >= 15 is 0 Å². The van der Waals surface area contributed by atoms with E-state index in [1.54, 1.807) is 0 Å². The van der Waals surface area contributed by atoms with Crippen molar-refractivity contribution < 1.29 is 9.53 Å². The first kappa shape index (κ1) is 12.5. The van der Waals surface area contributed by atoms with Gasteiger partial charge in [-0.05, 0) is 26.7 Å². The molecule has 0 bridgehead atoms. The minimum atomic E-state index is 0.0488. The summed E-state index contributed by atoms with van der Waals surface area (Å²) in [5.41, 5.74) is 5.51. The van der Waals surface area contributed by atoms with Gasteiger partial charge in [-0.2, -0.15) is 0 Å². The van der Waals surface area contributed by atoms with Crippen molar-refractivity contribution in [2.45, 2.75) is 32.7 Å². The van der Waals surface area contributed by atoms with E-state index in [-0.39, 0.29) is 17.9 Å². The number of nitrogens with two attached hydrogens (primary N) is 1. The van der Waals surface area contributed by atoms with Crippen molar-refractivity contribution >= 4 is 5.91 Å². The van der Waals surface area contributed by atoms with E-state index < -0.39 is 0 Å². The summed E-state index contributed by atoms with van der Waals surface area (Å²) >= 11 is 0. The molecule has 0 aromatic rings. The highest BCUT2D eigenvalue weighted by Crippen LogP contribution is 2.17. The third kappa shape index (κ3) is 3.47. The minimum Gasteiger partial charge on any atom is -0.381 e. The van der Waals surface area contributed by atoms with Crippen LogP contribution in [0.1, 0.15) is 26.7 Å². The minimum absolute atomic E-state index is 0.0488. The maximum Gasteiger partial charge on any atom is 0.228 e. The normalized spacial score (nSPS) is 21.7. The number of carbonyl (C=O) groups excluding carboxylic acids is 1. The molecule has 15 heavy (non-hydrogen) atoms. The molecule has 1 atom stereocenters. The van der Waals surface area contributed by atoms with Crippen LogP contribution in [0, 0.1) is 5.92 Å². The molecule has 1 saturated heterocycles. The molecule has 1 rings (SSSR count). The summed E-state index contributed by atoms with van der Waals surface area (Å²) in [7, 11) is 0. The molecule has 1 aliphatic rings. The second kappa shape index (κ2) is 6.08. The van der Waals surface area contributed by atoms with Crippen LogP contribution in [0.5, 0.6) is 0 Å². The number of ether oxygens (including phenoxy) is 1. The number of hydrogen-bond acceptors (Lipinski definition) is 3. The largest absolute Gasteiger partial charge is 0.381 e. The van der Waals surface area contributed by atoms with Crippen LogP contribution in [0.2, 0.25) is 0 Å². The Hall–Kier alpha value is -0.610. The molecule has 88 valence electrons. The molecule has 4 nitrogen and oxygen atoms in total. The highest BCUT2D eigenvalue weighted by molar-refractivity contribution is 5.79. The van der Waals surface area contributed by atoms with E-state index in [0.29, 0.717) is 19.7 Å². The van der Waals surface area contributed by atoms with E-state index in [2.05, 4.69) is 0 Å². The zero-order chi connectivity index (χ0) is 11.3. The number of hydrogen-bond donors (Lipinski definition) is 1. The third-order valence-electron chi connectivity index (χ3n) is 2.79. The summed E-state index contributed by atoms with van der Waals surface area (Å²) in [4.78, 5) is 14.0. The van der Waals surface area contributed by atoms with Gasteiger partial charge in [-0.1, -0.05) is 0 Å². The topological polar surface area (TPSA) is 55.6 Å². The molecule has 2 N–H and O–H groups in total. The molecule has 1 amide bonds. The molecule has 0 saturated carbocycles. The second-order valence-electron chi connectivity index (χ2n) is 4.33. The van der Waals surface area contributed by atoms with E-state index in [1.165, 1.54) is 0 Å². The molecule has 1 fully saturated rings. The van der Waals surface area contributed by atoms with E-state index in [4.69, 9.17) is 10.5 Å². The lowest BCUT2D eigenvalue weighted by Gasteiger charge is -2.31. The molecule has 0 aromatic heterocycles. The number of nitrogens with zero attached hydrogens (tertiary/aromatic N) is 1. The van der Waals surface area contributed by atoms with Gasteiger partial charge in [0.1, 0.15) is 0 Å².